The summed E-state index contributed by atoms with van der Waals surface area (Å²) in [5.41, 5.74) is 6.48. The van der Waals surface area contributed by atoms with E-state index in [1.54, 1.807) is 0 Å². The first-order valence-electron chi connectivity index (χ1n) is 9.90. The summed E-state index contributed by atoms with van der Waals surface area (Å²) >= 11 is -0.113. The predicted molar refractivity (Wildman–Crippen MR) is 112 cm³/mol. The smallest absolute Gasteiger partial charge is 0.248 e. The number of hydrogen-bond donors (Lipinski definition) is 2. The number of anilines is 2. The molecule has 1 aromatic carbocycles. The molecular formula is C19H27FN4O2S2. The summed E-state index contributed by atoms with van der Waals surface area (Å²) in [6.07, 6.45) is 6.90. The van der Waals surface area contributed by atoms with Crippen molar-refractivity contribution in [2.24, 2.45) is 0 Å². The summed E-state index contributed by atoms with van der Waals surface area (Å²) in [6, 6.07) is 2.34. The maximum Gasteiger partial charge on any atom is 0.248 e. The molecule has 0 spiro atoms. The van der Waals surface area contributed by atoms with E-state index in [2.05, 4.69) is 21.5 Å². The number of fused-ring (bicyclic) bond motifs is 2. The van der Waals surface area contributed by atoms with Crippen molar-refractivity contribution in [1.82, 2.24) is 14.2 Å². The van der Waals surface area contributed by atoms with Crippen molar-refractivity contribution in [2.75, 3.05) is 17.7 Å². The summed E-state index contributed by atoms with van der Waals surface area (Å²) in [6.45, 7) is 3.94. The molecule has 0 amide bonds. The molecular weight excluding hydrogens is 399 g/mol. The first-order valence-corrected chi connectivity index (χ1v) is 11.9. The SMILES string of the molecule is CC.O=S(CCCO)c1nc(Nc2c3c(cc4c2CCC4)CCC3)nn1SF. The molecule has 28 heavy (non-hydrogen) atoms. The van der Waals surface area contributed by atoms with Gasteiger partial charge in [0, 0.05) is 18.0 Å². The Labute approximate surface area is 172 Å². The van der Waals surface area contributed by atoms with Crippen LogP contribution in [0.2, 0.25) is 0 Å². The lowest BCUT2D eigenvalue weighted by molar-refractivity contribution is 0.296. The minimum Gasteiger partial charge on any atom is -0.396 e. The third-order valence-corrected chi connectivity index (χ3v) is 6.85. The number of aliphatic hydroxyl groups excluding tert-OH is 1. The van der Waals surface area contributed by atoms with Crippen LogP contribution >= 0.6 is 12.3 Å². The highest BCUT2D eigenvalue weighted by Gasteiger charge is 2.25. The second kappa shape index (κ2) is 9.84. The molecule has 0 radical (unpaired) electrons. The van der Waals surface area contributed by atoms with E-state index >= 15 is 0 Å². The average molecular weight is 427 g/mol. The molecule has 6 nitrogen and oxygen atoms in total. The Balaban J connectivity index is 0.00000109. The Morgan fingerprint density at radius 2 is 1.86 bits per heavy atom. The maximum absolute atomic E-state index is 13.2. The van der Waals surface area contributed by atoms with Crippen LogP contribution in [0.25, 0.3) is 0 Å². The van der Waals surface area contributed by atoms with Crippen molar-refractivity contribution < 1.29 is 13.2 Å². The van der Waals surface area contributed by atoms with Crippen LogP contribution in [0.3, 0.4) is 0 Å². The van der Waals surface area contributed by atoms with Crippen LogP contribution in [0, 0.1) is 0 Å². The molecule has 0 bridgehead atoms. The molecule has 2 aliphatic rings. The van der Waals surface area contributed by atoms with E-state index in [9.17, 15) is 8.09 Å². The summed E-state index contributed by atoms with van der Waals surface area (Å²) in [4.78, 5) is 4.28. The van der Waals surface area contributed by atoms with E-state index in [1.807, 2.05) is 13.8 Å². The minimum absolute atomic E-state index is 0.0595. The van der Waals surface area contributed by atoms with Gasteiger partial charge in [0.2, 0.25) is 11.1 Å². The number of aliphatic hydroxyl groups is 1. The highest BCUT2D eigenvalue weighted by atomic mass is 32.2. The Kier molecular flexibility index (Phi) is 7.48. The molecule has 1 atom stereocenters. The monoisotopic (exact) mass is 426 g/mol. The largest absolute Gasteiger partial charge is 0.396 e. The van der Waals surface area contributed by atoms with Gasteiger partial charge in [0.1, 0.15) is 0 Å². The highest BCUT2D eigenvalue weighted by molar-refractivity contribution is 7.93. The fourth-order valence-corrected chi connectivity index (χ4v) is 5.41. The van der Waals surface area contributed by atoms with Crippen molar-refractivity contribution in [2.45, 2.75) is 63.9 Å². The van der Waals surface area contributed by atoms with Gasteiger partial charge in [-0.2, -0.15) is 4.98 Å². The normalized spacial score (nSPS) is 15.6. The number of benzene rings is 1. The van der Waals surface area contributed by atoms with Crippen LogP contribution in [0.4, 0.5) is 15.5 Å². The van der Waals surface area contributed by atoms with Crippen molar-refractivity contribution >= 4 is 34.8 Å². The van der Waals surface area contributed by atoms with E-state index < -0.39 is 10.8 Å². The van der Waals surface area contributed by atoms with E-state index in [0.717, 1.165) is 48.3 Å². The Hall–Kier alpha value is -1.45. The molecule has 154 valence electrons. The minimum atomic E-state index is -1.50. The molecule has 9 heteroatoms. The first-order chi connectivity index (χ1) is 13.7. The van der Waals surface area contributed by atoms with Crippen molar-refractivity contribution in [3.05, 3.63) is 28.3 Å². The molecule has 0 aliphatic heterocycles. The number of aryl methyl sites for hydroxylation is 2. The van der Waals surface area contributed by atoms with Crippen LogP contribution in [0.15, 0.2) is 11.2 Å². The number of nitrogens with zero attached hydrogens (tertiary/aromatic N) is 3. The van der Waals surface area contributed by atoms with Gasteiger partial charge in [-0.3, -0.25) is 4.21 Å². The van der Waals surface area contributed by atoms with Crippen LogP contribution < -0.4 is 5.32 Å². The molecule has 2 aliphatic carbocycles. The van der Waals surface area contributed by atoms with Gasteiger partial charge in [-0.25, -0.2) is 0 Å². The molecule has 1 heterocycles. The topological polar surface area (TPSA) is 80.0 Å². The molecule has 0 saturated carbocycles. The molecule has 1 aromatic heterocycles. The van der Waals surface area contributed by atoms with Gasteiger partial charge in [-0.1, -0.05) is 19.9 Å². The lowest BCUT2D eigenvalue weighted by atomic mass is 9.99. The quantitative estimate of drug-likeness (QED) is 0.699. The van der Waals surface area contributed by atoms with Gasteiger partial charge in [0.05, 0.1) is 10.8 Å². The fraction of sp³-hybridized carbons (Fsp3) is 0.579. The van der Waals surface area contributed by atoms with Gasteiger partial charge >= 0.3 is 0 Å². The fourth-order valence-electron chi connectivity index (χ4n) is 3.89. The van der Waals surface area contributed by atoms with Crippen LogP contribution in [-0.2, 0) is 36.5 Å². The number of hydrogen-bond acceptors (Lipinski definition) is 6. The summed E-state index contributed by atoms with van der Waals surface area (Å²) in [5, 5.41) is 16.4. The van der Waals surface area contributed by atoms with E-state index in [0.29, 0.717) is 6.42 Å². The first kappa shape index (κ1) is 21.3. The Morgan fingerprint density at radius 1 is 1.21 bits per heavy atom. The second-order valence-electron chi connectivity index (χ2n) is 6.65. The number of nitrogens with one attached hydrogen (secondary N) is 1. The second-order valence-corrected chi connectivity index (χ2v) is 8.59. The van der Waals surface area contributed by atoms with Crippen LogP contribution in [-0.4, -0.2) is 35.8 Å². The molecule has 2 aromatic rings. The highest BCUT2D eigenvalue weighted by Crippen LogP contribution is 2.39. The molecule has 0 saturated heterocycles. The standard InChI is InChI=1S/C17H21FN4O2S2.C2H6/c18-25-22-17(26(24)9-3-8-23)20-16(21-22)19-15-13-6-1-4-11(13)10-12-5-2-7-14(12)15;1-2/h10,23H,1-9H2,(H,19,21);1-2H3. The van der Waals surface area contributed by atoms with Crippen LogP contribution in [0.1, 0.15) is 55.4 Å². The Morgan fingerprint density at radius 3 is 2.43 bits per heavy atom. The van der Waals surface area contributed by atoms with Gasteiger partial charge in [0.15, 0.2) is 12.3 Å². The maximum atomic E-state index is 13.2. The van der Waals surface area contributed by atoms with Gasteiger partial charge < -0.3 is 10.4 Å². The molecule has 4 rings (SSSR count). The summed E-state index contributed by atoms with van der Waals surface area (Å²) < 4.78 is 26.5. The lowest BCUT2D eigenvalue weighted by Crippen LogP contribution is -2.05. The third kappa shape index (κ3) is 4.26. The zero-order chi connectivity index (χ0) is 20.1. The van der Waals surface area contributed by atoms with Crippen molar-refractivity contribution in [3.63, 3.8) is 0 Å². The van der Waals surface area contributed by atoms with Crippen molar-refractivity contribution in [1.29, 1.82) is 0 Å². The van der Waals surface area contributed by atoms with Gasteiger partial charge in [-0.05, 0) is 67.2 Å². The average Bonchev–Trinajstić information content (AvgIpc) is 3.46. The molecule has 0 fully saturated rings. The summed E-state index contributed by atoms with van der Waals surface area (Å²) in [7, 11) is -1.50. The van der Waals surface area contributed by atoms with Gasteiger partial charge in [0.25, 0.3) is 0 Å². The lowest BCUT2D eigenvalue weighted by Gasteiger charge is -2.15. The van der Waals surface area contributed by atoms with Gasteiger partial charge in [-0.15, -0.1) is 13.1 Å². The zero-order valence-electron chi connectivity index (χ0n) is 16.3. The number of halogens is 1. The number of aromatic nitrogens is 3. The Bertz CT molecular complexity index is 825. The van der Waals surface area contributed by atoms with E-state index in [4.69, 9.17) is 5.11 Å². The zero-order valence-corrected chi connectivity index (χ0v) is 18.0. The molecule has 2 N–H and O–H groups in total. The third-order valence-electron chi connectivity index (χ3n) is 5.02. The summed E-state index contributed by atoms with van der Waals surface area (Å²) in [5.74, 6) is 0.502. The number of rotatable bonds is 7. The van der Waals surface area contributed by atoms with Crippen molar-refractivity contribution in [3.8, 4) is 0 Å². The predicted octanol–water partition coefficient (Wildman–Crippen LogP) is 3.90. The van der Waals surface area contributed by atoms with E-state index in [1.165, 1.54) is 22.3 Å². The van der Waals surface area contributed by atoms with E-state index in [-0.39, 0.29) is 35.8 Å². The molecule has 1 unspecified atom stereocenters. The van der Waals surface area contributed by atoms with Crippen LogP contribution in [0.5, 0.6) is 0 Å².